The number of nitrogens with zero attached hydrogens (tertiary/aromatic N) is 2. The predicted octanol–water partition coefficient (Wildman–Crippen LogP) is 3.02. The van der Waals surface area contributed by atoms with E-state index in [1.54, 1.807) is 0 Å². The van der Waals surface area contributed by atoms with Gasteiger partial charge in [-0.15, -0.1) is 0 Å². The van der Waals surface area contributed by atoms with Gasteiger partial charge in [-0.1, -0.05) is 18.5 Å². The van der Waals surface area contributed by atoms with Crippen molar-refractivity contribution in [2.75, 3.05) is 12.0 Å². The van der Waals surface area contributed by atoms with Crippen molar-refractivity contribution in [3.63, 3.8) is 0 Å². The van der Waals surface area contributed by atoms with Crippen LogP contribution in [0.5, 0.6) is 0 Å². The molecule has 0 bridgehead atoms. The highest BCUT2D eigenvalue weighted by Crippen LogP contribution is 2.23. The first kappa shape index (κ1) is 11.6. The Morgan fingerprint density at radius 2 is 2.31 bits per heavy atom. The molecule has 1 unspecified atom stereocenters. The third-order valence-corrected chi connectivity index (χ3v) is 3.77. The van der Waals surface area contributed by atoms with Crippen molar-refractivity contribution in [1.82, 2.24) is 9.55 Å². The molecule has 1 heterocycles. The molecule has 1 aromatic carbocycles. The van der Waals surface area contributed by atoms with Crippen LogP contribution in [-0.4, -0.2) is 21.1 Å². The van der Waals surface area contributed by atoms with E-state index in [0.717, 1.165) is 17.6 Å². The number of nitrogens with two attached hydrogens (primary N) is 1. The zero-order valence-electron chi connectivity index (χ0n) is 9.27. The molecule has 2 aromatic rings. The van der Waals surface area contributed by atoms with E-state index in [0.29, 0.717) is 16.2 Å². The molecule has 86 valence electrons. The summed E-state index contributed by atoms with van der Waals surface area (Å²) in [7, 11) is 0. The summed E-state index contributed by atoms with van der Waals surface area (Å²) in [5.74, 6) is 0.554. The molecule has 0 saturated heterocycles. The maximum absolute atomic E-state index is 5.92. The Kier molecular flexibility index (Phi) is 3.30. The number of benzene rings is 1. The number of rotatable bonds is 3. The van der Waals surface area contributed by atoms with Crippen LogP contribution in [0.2, 0.25) is 5.02 Å². The highest BCUT2D eigenvalue weighted by molar-refractivity contribution is 7.99. The summed E-state index contributed by atoms with van der Waals surface area (Å²) in [6.07, 6.45) is 2.09. The first-order chi connectivity index (χ1) is 7.61. The van der Waals surface area contributed by atoms with Crippen molar-refractivity contribution in [3.8, 4) is 0 Å². The monoisotopic (exact) mass is 255 g/mol. The van der Waals surface area contributed by atoms with Gasteiger partial charge in [-0.25, -0.2) is 4.98 Å². The van der Waals surface area contributed by atoms with Crippen LogP contribution in [0.25, 0.3) is 11.0 Å². The van der Waals surface area contributed by atoms with Crippen LogP contribution in [0, 0.1) is 0 Å². The van der Waals surface area contributed by atoms with Crippen LogP contribution < -0.4 is 5.73 Å². The molecule has 1 aromatic heterocycles. The fourth-order valence-electron chi connectivity index (χ4n) is 1.65. The van der Waals surface area contributed by atoms with Gasteiger partial charge in [-0.2, -0.15) is 11.8 Å². The molecule has 0 aliphatic rings. The summed E-state index contributed by atoms with van der Waals surface area (Å²) in [6.45, 7) is 3.04. The molecule has 5 heteroatoms. The third-order valence-electron chi connectivity index (χ3n) is 2.58. The van der Waals surface area contributed by atoms with Crippen LogP contribution in [0.4, 0.5) is 5.95 Å². The number of imidazole rings is 1. The van der Waals surface area contributed by atoms with Crippen molar-refractivity contribution in [2.24, 2.45) is 0 Å². The normalized spacial score (nSPS) is 13.2. The minimum Gasteiger partial charge on any atom is -0.369 e. The molecule has 2 rings (SSSR count). The first-order valence-electron chi connectivity index (χ1n) is 5.06. The van der Waals surface area contributed by atoms with Gasteiger partial charge in [0, 0.05) is 16.8 Å². The van der Waals surface area contributed by atoms with E-state index >= 15 is 0 Å². The van der Waals surface area contributed by atoms with Gasteiger partial charge >= 0.3 is 0 Å². The molecule has 2 N–H and O–H groups in total. The van der Waals surface area contributed by atoms with Crippen molar-refractivity contribution >= 4 is 40.3 Å². The largest absolute Gasteiger partial charge is 0.369 e. The minimum absolute atomic E-state index is 0.510. The number of anilines is 1. The third kappa shape index (κ3) is 2.13. The van der Waals surface area contributed by atoms with Gasteiger partial charge in [0.2, 0.25) is 5.95 Å². The van der Waals surface area contributed by atoms with E-state index in [-0.39, 0.29) is 0 Å². The molecule has 0 aliphatic heterocycles. The average molecular weight is 256 g/mol. The van der Waals surface area contributed by atoms with E-state index in [1.807, 2.05) is 34.5 Å². The lowest BCUT2D eigenvalue weighted by molar-refractivity contribution is 0.721. The standard InChI is InChI=1S/C11H14ClN3S/c1-7(16-2)6-15-10-4-3-8(12)5-9(10)14-11(15)13/h3-5,7H,6H2,1-2H3,(H2,13,14). The van der Waals surface area contributed by atoms with Gasteiger partial charge in [0.1, 0.15) is 0 Å². The van der Waals surface area contributed by atoms with Crippen molar-refractivity contribution < 1.29 is 0 Å². The van der Waals surface area contributed by atoms with Crippen LogP contribution in [0.1, 0.15) is 6.92 Å². The molecule has 1 atom stereocenters. The van der Waals surface area contributed by atoms with E-state index in [2.05, 4.69) is 18.2 Å². The number of hydrogen-bond acceptors (Lipinski definition) is 3. The fourth-order valence-corrected chi connectivity index (χ4v) is 2.11. The summed E-state index contributed by atoms with van der Waals surface area (Å²) < 4.78 is 2.03. The Morgan fingerprint density at radius 1 is 1.56 bits per heavy atom. The van der Waals surface area contributed by atoms with E-state index < -0.39 is 0 Å². The smallest absolute Gasteiger partial charge is 0.201 e. The molecular formula is C11H14ClN3S. The topological polar surface area (TPSA) is 43.8 Å². The molecule has 0 amide bonds. The van der Waals surface area contributed by atoms with Gasteiger partial charge < -0.3 is 10.3 Å². The molecule has 0 radical (unpaired) electrons. The molecule has 0 aliphatic carbocycles. The Hall–Kier alpha value is -0.870. The summed E-state index contributed by atoms with van der Waals surface area (Å²) in [4.78, 5) is 4.31. The zero-order chi connectivity index (χ0) is 11.7. The quantitative estimate of drug-likeness (QED) is 0.917. The second-order valence-electron chi connectivity index (χ2n) is 3.76. The zero-order valence-corrected chi connectivity index (χ0v) is 10.8. The number of halogens is 1. The van der Waals surface area contributed by atoms with Crippen LogP contribution >= 0.6 is 23.4 Å². The Bertz CT molecular complexity index is 509. The van der Waals surface area contributed by atoms with Crippen molar-refractivity contribution in [2.45, 2.75) is 18.7 Å². The van der Waals surface area contributed by atoms with Gasteiger partial charge in [0.15, 0.2) is 0 Å². The lowest BCUT2D eigenvalue weighted by atomic mass is 10.3. The maximum Gasteiger partial charge on any atom is 0.201 e. The van der Waals surface area contributed by atoms with E-state index in [1.165, 1.54) is 0 Å². The van der Waals surface area contributed by atoms with Gasteiger partial charge in [-0.05, 0) is 24.5 Å². The lowest BCUT2D eigenvalue weighted by Crippen LogP contribution is -2.11. The average Bonchev–Trinajstić information content (AvgIpc) is 2.54. The molecule has 3 nitrogen and oxygen atoms in total. The highest BCUT2D eigenvalue weighted by Gasteiger charge is 2.10. The van der Waals surface area contributed by atoms with Crippen LogP contribution in [-0.2, 0) is 6.54 Å². The number of hydrogen-bond donors (Lipinski definition) is 1. The van der Waals surface area contributed by atoms with E-state index in [9.17, 15) is 0 Å². The van der Waals surface area contributed by atoms with Crippen molar-refractivity contribution in [3.05, 3.63) is 23.2 Å². The number of nitrogen functional groups attached to an aromatic ring is 1. The SMILES string of the molecule is CSC(C)Cn1c(N)nc2cc(Cl)ccc21. The van der Waals surface area contributed by atoms with Gasteiger partial charge in [0.05, 0.1) is 11.0 Å². The number of thioether (sulfide) groups is 1. The fraction of sp³-hybridized carbons (Fsp3) is 0.364. The highest BCUT2D eigenvalue weighted by atomic mass is 35.5. The maximum atomic E-state index is 5.92. The summed E-state index contributed by atoms with van der Waals surface area (Å²) >= 11 is 7.73. The summed E-state index contributed by atoms with van der Waals surface area (Å²) in [6, 6.07) is 5.67. The molecule has 0 saturated carbocycles. The van der Waals surface area contributed by atoms with Crippen LogP contribution in [0.15, 0.2) is 18.2 Å². The summed E-state index contributed by atoms with van der Waals surface area (Å²) in [5, 5.41) is 1.20. The minimum atomic E-state index is 0.510. The van der Waals surface area contributed by atoms with Gasteiger partial charge in [-0.3, -0.25) is 0 Å². The first-order valence-corrected chi connectivity index (χ1v) is 6.72. The Balaban J connectivity index is 2.47. The molecule has 0 spiro atoms. The second-order valence-corrected chi connectivity index (χ2v) is 5.47. The van der Waals surface area contributed by atoms with E-state index in [4.69, 9.17) is 17.3 Å². The predicted molar refractivity (Wildman–Crippen MR) is 72.1 cm³/mol. The molecule has 16 heavy (non-hydrogen) atoms. The molecule has 0 fully saturated rings. The lowest BCUT2D eigenvalue weighted by Gasteiger charge is -2.11. The second kappa shape index (κ2) is 4.55. The molecular weight excluding hydrogens is 242 g/mol. The number of aromatic nitrogens is 2. The van der Waals surface area contributed by atoms with Gasteiger partial charge in [0.25, 0.3) is 0 Å². The van der Waals surface area contributed by atoms with Crippen LogP contribution in [0.3, 0.4) is 0 Å². The summed E-state index contributed by atoms with van der Waals surface area (Å²) in [5.41, 5.74) is 7.81. The van der Waals surface area contributed by atoms with Crippen molar-refractivity contribution in [1.29, 1.82) is 0 Å². The Labute approximate surface area is 104 Å². The Morgan fingerprint density at radius 3 is 3.00 bits per heavy atom. The number of fused-ring (bicyclic) bond motifs is 1.